The Bertz CT molecular complexity index is 694. The molecule has 0 aromatic heterocycles. The molecule has 0 aliphatic heterocycles. The molecular weight excluding hydrogens is 315 g/mol. The van der Waals surface area contributed by atoms with Crippen molar-refractivity contribution in [3.63, 3.8) is 0 Å². The molecular formula is C10H8F3N3O4S. The second-order valence-electron chi connectivity index (χ2n) is 3.57. The van der Waals surface area contributed by atoms with Gasteiger partial charge in [-0.3, -0.25) is 4.72 Å². The molecule has 0 radical (unpaired) electrons. The van der Waals surface area contributed by atoms with E-state index in [0.717, 1.165) is 13.2 Å². The fourth-order valence-electron chi connectivity index (χ4n) is 1.22. The number of carbonyl (C=O) groups is 1. The van der Waals surface area contributed by atoms with Gasteiger partial charge in [0, 0.05) is 0 Å². The summed E-state index contributed by atoms with van der Waals surface area (Å²) >= 11 is 0. The zero-order valence-corrected chi connectivity index (χ0v) is 11.2. The van der Waals surface area contributed by atoms with Crippen LogP contribution in [-0.2, 0) is 21.1 Å². The van der Waals surface area contributed by atoms with Crippen molar-refractivity contribution in [2.24, 2.45) is 0 Å². The minimum atomic E-state index is -4.67. The van der Waals surface area contributed by atoms with Gasteiger partial charge in [-0.15, -0.1) is 0 Å². The molecule has 7 nitrogen and oxygen atoms in total. The van der Waals surface area contributed by atoms with Crippen molar-refractivity contribution in [2.75, 3.05) is 11.8 Å². The molecule has 0 saturated carbocycles. The standard InChI is InChI=1S/C10H8F3N3O4S/c1-20-9(17)16-21(18,19)15-8-3-2-7(10(11,12)13)4-6(8)5-14/h2-4,15H,1H3,(H,16,17). The van der Waals surface area contributed by atoms with Crippen LogP contribution in [0.5, 0.6) is 0 Å². The molecule has 0 aliphatic rings. The molecule has 2 N–H and O–H groups in total. The predicted molar refractivity (Wildman–Crippen MR) is 64.2 cm³/mol. The monoisotopic (exact) mass is 323 g/mol. The average Bonchev–Trinajstić information content (AvgIpc) is 2.36. The number of anilines is 1. The fraction of sp³-hybridized carbons (Fsp3) is 0.200. The third-order valence-electron chi connectivity index (χ3n) is 2.11. The number of benzene rings is 1. The largest absolute Gasteiger partial charge is 0.452 e. The van der Waals surface area contributed by atoms with Gasteiger partial charge in [0.25, 0.3) is 0 Å². The van der Waals surface area contributed by atoms with E-state index in [1.807, 2.05) is 0 Å². The second kappa shape index (κ2) is 5.88. The molecule has 0 spiro atoms. The van der Waals surface area contributed by atoms with E-state index in [1.165, 1.54) is 10.8 Å². The van der Waals surface area contributed by atoms with Crippen LogP contribution in [0, 0.1) is 11.3 Å². The van der Waals surface area contributed by atoms with Crippen LogP contribution in [0.1, 0.15) is 11.1 Å². The van der Waals surface area contributed by atoms with Crippen molar-refractivity contribution in [1.29, 1.82) is 5.26 Å². The van der Waals surface area contributed by atoms with E-state index in [4.69, 9.17) is 5.26 Å². The van der Waals surface area contributed by atoms with E-state index in [9.17, 15) is 26.4 Å². The maximum Gasteiger partial charge on any atom is 0.422 e. The second-order valence-corrected chi connectivity index (χ2v) is 4.98. The topological polar surface area (TPSA) is 108 Å². The zero-order chi connectivity index (χ0) is 16.3. The number of hydrogen-bond donors (Lipinski definition) is 2. The maximum absolute atomic E-state index is 12.5. The molecule has 21 heavy (non-hydrogen) atoms. The highest BCUT2D eigenvalue weighted by Crippen LogP contribution is 2.31. The highest BCUT2D eigenvalue weighted by molar-refractivity contribution is 7.91. The number of ether oxygens (including phenoxy) is 1. The van der Waals surface area contributed by atoms with Gasteiger partial charge in [0.2, 0.25) is 0 Å². The van der Waals surface area contributed by atoms with Crippen LogP contribution in [0.4, 0.5) is 23.7 Å². The summed E-state index contributed by atoms with van der Waals surface area (Å²) in [4.78, 5) is 10.8. The molecule has 1 amide bonds. The number of nitrogens with one attached hydrogen (secondary N) is 2. The molecule has 0 atom stereocenters. The number of rotatable bonds is 3. The zero-order valence-electron chi connectivity index (χ0n) is 10.4. The molecule has 114 valence electrons. The Balaban J connectivity index is 3.11. The van der Waals surface area contributed by atoms with E-state index in [-0.39, 0.29) is 0 Å². The summed E-state index contributed by atoms with van der Waals surface area (Å²) in [5, 5.41) is 8.77. The van der Waals surface area contributed by atoms with Crippen molar-refractivity contribution in [2.45, 2.75) is 6.18 Å². The van der Waals surface area contributed by atoms with Gasteiger partial charge in [0.05, 0.1) is 23.9 Å². The SMILES string of the molecule is COC(=O)NS(=O)(=O)Nc1ccc(C(F)(F)F)cc1C#N. The Kier molecular flexibility index (Phi) is 4.64. The van der Waals surface area contributed by atoms with Gasteiger partial charge in [-0.05, 0) is 18.2 Å². The van der Waals surface area contributed by atoms with E-state index in [2.05, 4.69) is 4.74 Å². The van der Waals surface area contributed by atoms with Crippen LogP contribution in [0.15, 0.2) is 18.2 Å². The lowest BCUT2D eigenvalue weighted by Gasteiger charge is -2.12. The summed E-state index contributed by atoms with van der Waals surface area (Å²) in [5.74, 6) is 0. The summed E-state index contributed by atoms with van der Waals surface area (Å²) in [6, 6.07) is 3.27. The smallest absolute Gasteiger partial charge is 0.422 e. The highest BCUT2D eigenvalue weighted by Gasteiger charge is 2.31. The number of hydrogen-bond acceptors (Lipinski definition) is 5. The normalized spacial score (nSPS) is 11.4. The van der Waals surface area contributed by atoms with Crippen LogP contribution in [0.3, 0.4) is 0 Å². The predicted octanol–water partition coefficient (Wildman–Crippen LogP) is 1.59. The van der Waals surface area contributed by atoms with Gasteiger partial charge in [-0.2, -0.15) is 26.9 Å². The molecule has 0 unspecified atom stereocenters. The van der Waals surface area contributed by atoms with Gasteiger partial charge < -0.3 is 4.74 Å². The lowest BCUT2D eigenvalue weighted by molar-refractivity contribution is -0.137. The lowest BCUT2D eigenvalue weighted by Crippen LogP contribution is -2.35. The number of methoxy groups -OCH3 is 1. The van der Waals surface area contributed by atoms with E-state index in [0.29, 0.717) is 12.1 Å². The molecule has 1 aromatic rings. The highest BCUT2D eigenvalue weighted by atomic mass is 32.2. The van der Waals surface area contributed by atoms with E-state index in [1.54, 1.807) is 4.72 Å². The fourth-order valence-corrected chi connectivity index (χ4v) is 2.05. The summed E-state index contributed by atoms with van der Waals surface area (Å²) < 4.78 is 67.6. The summed E-state index contributed by atoms with van der Waals surface area (Å²) in [5.41, 5.74) is -2.08. The van der Waals surface area contributed by atoms with Crippen molar-refractivity contribution in [3.05, 3.63) is 29.3 Å². The molecule has 0 aliphatic carbocycles. The first kappa shape index (κ1) is 16.6. The quantitative estimate of drug-likeness (QED) is 0.878. The Morgan fingerprint density at radius 3 is 2.48 bits per heavy atom. The summed E-state index contributed by atoms with van der Waals surface area (Å²) in [6.45, 7) is 0. The van der Waals surface area contributed by atoms with Gasteiger partial charge >= 0.3 is 22.5 Å². The Morgan fingerprint density at radius 1 is 1.38 bits per heavy atom. The van der Waals surface area contributed by atoms with Gasteiger partial charge in [-0.1, -0.05) is 0 Å². The average molecular weight is 323 g/mol. The minimum Gasteiger partial charge on any atom is -0.452 e. The maximum atomic E-state index is 12.5. The third kappa shape index (κ3) is 4.53. The number of halogens is 3. The van der Waals surface area contributed by atoms with Crippen LogP contribution in [-0.4, -0.2) is 21.6 Å². The Hall–Kier alpha value is -2.48. The Labute approximate surface area is 117 Å². The Morgan fingerprint density at radius 2 is 2.00 bits per heavy atom. The van der Waals surface area contributed by atoms with Crippen LogP contribution >= 0.6 is 0 Å². The third-order valence-corrected chi connectivity index (χ3v) is 3.04. The summed E-state index contributed by atoms with van der Waals surface area (Å²) in [7, 11) is -3.51. The molecule has 0 saturated heterocycles. The van der Waals surface area contributed by atoms with Gasteiger partial charge in [-0.25, -0.2) is 9.52 Å². The first-order chi connectivity index (χ1) is 9.59. The van der Waals surface area contributed by atoms with E-state index >= 15 is 0 Å². The van der Waals surface area contributed by atoms with Crippen molar-refractivity contribution in [1.82, 2.24) is 4.72 Å². The number of alkyl halides is 3. The lowest BCUT2D eigenvalue weighted by atomic mass is 10.1. The van der Waals surface area contributed by atoms with E-state index < -0.39 is 39.3 Å². The molecule has 1 rings (SSSR count). The number of carbonyl (C=O) groups excluding carboxylic acids is 1. The van der Waals surface area contributed by atoms with Gasteiger partial charge in [0.15, 0.2) is 0 Å². The first-order valence-electron chi connectivity index (χ1n) is 5.09. The van der Waals surface area contributed by atoms with Crippen LogP contribution in [0.2, 0.25) is 0 Å². The van der Waals surface area contributed by atoms with Gasteiger partial charge in [0.1, 0.15) is 6.07 Å². The number of amides is 1. The van der Waals surface area contributed by atoms with Crippen LogP contribution < -0.4 is 9.44 Å². The molecule has 1 aromatic carbocycles. The van der Waals surface area contributed by atoms with Crippen LogP contribution in [0.25, 0.3) is 0 Å². The molecule has 11 heteroatoms. The van der Waals surface area contributed by atoms with Crippen molar-refractivity contribution in [3.8, 4) is 6.07 Å². The van der Waals surface area contributed by atoms with Crippen molar-refractivity contribution < 1.29 is 31.1 Å². The number of nitriles is 1. The molecule has 0 fully saturated rings. The number of nitrogens with zero attached hydrogens (tertiary/aromatic N) is 1. The summed E-state index contributed by atoms with van der Waals surface area (Å²) in [6.07, 6.45) is -5.97. The molecule has 0 heterocycles. The van der Waals surface area contributed by atoms with Crippen molar-refractivity contribution >= 4 is 22.0 Å². The molecule has 0 bridgehead atoms. The minimum absolute atomic E-state index is 0.415. The first-order valence-corrected chi connectivity index (χ1v) is 6.57.